The summed E-state index contributed by atoms with van der Waals surface area (Å²) >= 11 is 0. The molecular weight excluding hydrogens is 297 g/mol. The molecule has 0 aliphatic carbocycles. The predicted molar refractivity (Wildman–Crippen MR) is 85.0 cm³/mol. The van der Waals surface area contributed by atoms with E-state index in [9.17, 15) is 0 Å². The van der Waals surface area contributed by atoms with Crippen LogP contribution in [0.5, 0.6) is 0 Å². The van der Waals surface area contributed by atoms with Crippen molar-refractivity contribution in [1.29, 1.82) is 0 Å². The lowest BCUT2D eigenvalue weighted by Gasteiger charge is -2.30. The Kier molecular flexibility index (Phi) is 6.68. The molecule has 3 heterocycles. The van der Waals surface area contributed by atoms with Gasteiger partial charge in [-0.2, -0.15) is 0 Å². The second-order valence-electron chi connectivity index (χ2n) is 4.89. The van der Waals surface area contributed by atoms with Crippen LogP contribution >= 0.6 is 24.8 Å². The lowest BCUT2D eigenvalue weighted by atomic mass is 9.96. The first-order valence-electron chi connectivity index (χ1n) is 6.60. The predicted octanol–water partition coefficient (Wildman–Crippen LogP) is 1.71. The van der Waals surface area contributed by atoms with Gasteiger partial charge in [0.1, 0.15) is 5.82 Å². The standard InChI is InChI=1S/C13H19N5.2ClH/c14-6-10-17-8-4-11(5-9-17)13-16-15-12-3-1-2-7-18(12)13;;/h1-3,7,11H,4-6,8-10,14H2;2*1H. The van der Waals surface area contributed by atoms with Gasteiger partial charge in [-0.3, -0.25) is 4.40 Å². The van der Waals surface area contributed by atoms with Crippen molar-refractivity contribution in [3.63, 3.8) is 0 Å². The first-order chi connectivity index (χ1) is 8.88. The topological polar surface area (TPSA) is 59.5 Å². The van der Waals surface area contributed by atoms with Crippen molar-refractivity contribution in [1.82, 2.24) is 19.5 Å². The maximum absolute atomic E-state index is 5.59. The van der Waals surface area contributed by atoms with Crippen LogP contribution in [-0.4, -0.2) is 45.7 Å². The van der Waals surface area contributed by atoms with Gasteiger partial charge in [0, 0.05) is 25.2 Å². The van der Waals surface area contributed by atoms with Crippen LogP contribution in [0.2, 0.25) is 0 Å². The van der Waals surface area contributed by atoms with E-state index in [4.69, 9.17) is 5.73 Å². The van der Waals surface area contributed by atoms with E-state index in [1.54, 1.807) is 0 Å². The lowest BCUT2D eigenvalue weighted by Crippen LogP contribution is -2.36. The Bertz CT molecular complexity index is 522. The lowest BCUT2D eigenvalue weighted by molar-refractivity contribution is 0.214. The molecule has 0 radical (unpaired) electrons. The van der Waals surface area contributed by atoms with E-state index in [-0.39, 0.29) is 24.8 Å². The average Bonchev–Trinajstić information content (AvgIpc) is 2.84. The minimum Gasteiger partial charge on any atom is -0.329 e. The Morgan fingerprint density at radius 1 is 1.15 bits per heavy atom. The smallest absolute Gasteiger partial charge is 0.160 e. The van der Waals surface area contributed by atoms with Crippen LogP contribution < -0.4 is 5.73 Å². The van der Waals surface area contributed by atoms with Crippen molar-refractivity contribution in [2.24, 2.45) is 5.73 Å². The quantitative estimate of drug-likeness (QED) is 0.936. The number of rotatable bonds is 3. The van der Waals surface area contributed by atoms with E-state index in [0.29, 0.717) is 5.92 Å². The first-order valence-corrected chi connectivity index (χ1v) is 6.60. The number of nitrogens with two attached hydrogens (primary N) is 1. The number of fused-ring (bicyclic) bond motifs is 1. The van der Waals surface area contributed by atoms with Crippen molar-refractivity contribution in [2.45, 2.75) is 18.8 Å². The summed E-state index contributed by atoms with van der Waals surface area (Å²) in [5.41, 5.74) is 6.54. The van der Waals surface area contributed by atoms with Gasteiger partial charge in [0.15, 0.2) is 5.65 Å². The number of hydrogen-bond acceptors (Lipinski definition) is 4. The largest absolute Gasteiger partial charge is 0.329 e. The highest BCUT2D eigenvalue weighted by Gasteiger charge is 2.23. The van der Waals surface area contributed by atoms with E-state index >= 15 is 0 Å². The molecule has 7 heteroatoms. The van der Waals surface area contributed by atoms with Crippen LogP contribution in [0.3, 0.4) is 0 Å². The molecule has 2 aromatic heterocycles. The molecule has 0 atom stereocenters. The second kappa shape index (κ2) is 7.78. The molecule has 0 unspecified atom stereocenters. The third kappa shape index (κ3) is 3.41. The zero-order valence-corrected chi connectivity index (χ0v) is 12.9. The molecule has 2 aromatic rings. The molecule has 0 spiro atoms. The zero-order chi connectivity index (χ0) is 12.4. The summed E-state index contributed by atoms with van der Waals surface area (Å²) in [6.45, 7) is 3.99. The van der Waals surface area contributed by atoms with Crippen LogP contribution in [0.1, 0.15) is 24.6 Å². The Morgan fingerprint density at radius 2 is 1.90 bits per heavy atom. The maximum atomic E-state index is 5.59. The molecule has 2 N–H and O–H groups in total. The van der Waals surface area contributed by atoms with Crippen molar-refractivity contribution in [3.05, 3.63) is 30.2 Å². The van der Waals surface area contributed by atoms with Crippen molar-refractivity contribution in [2.75, 3.05) is 26.2 Å². The van der Waals surface area contributed by atoms with Crippen LogP contribution in [0.15, 0.2) is 24.4 Å². The molecule has 1 fully saturated rings. The van der Waals surface area contributed by atoms with Crippen molar-refractivity contribution >= 4 is 30.5 Å². The second-order valence-corrected chi connectivity index (χ2v) is 4.89. The number of piperidine rings is 1. The van der Waals surface area contributed by atoms with E-state index in [2.05, 4.69) is 25.7 Å². The Labute approximate surface area is 131 Å². The van der Waals surface area contributed by atoms with Gasteiger partial charge in [-0.15, -0.1) is 35.0 Å². The zero-order valence-electron chi connectivity index (χ0n) is 11.3. The van der Waals surface area contributed by atoms with Crippen LogP contribution in [0.4, 0.5) is 0 Å². The van der Waals surface area contributed by atoms with Gasteiger partial charge < -0.3 is 10.6 Å². The summed E-state index contributed by atoms with van der Waals surface area (Å²) in [6.07, 6.45) is 4.35. The van der Waals surface area contributed by atoms with Crippen LogP contribution in [-0.2, 0) is 0 Å². The fraction of sp³-hybridized carbons (Fsp3) is 0.538. The molecule has 0 amide bonds. The summed E-state index contributed by atoms with van der Waals surface area (Å²) in [5, 5.41) is 8.59. The van der Waals surface area contributed by atoms with Gasteiger partial charge >= 0.3 is 0 Å². The van der Waals surface area contributed by atoms with Gasteiger partial charge in [-0.25, -0.2) is 0 Å². The molecule has 0 saturated carbocycles. The minimum absolute atomic E-state index is 0. The van der Waals surface area contributed by atoms with Gasteiger partial charge in [0.2, 0.25) is 0 Å². The average molecular weight is 318 g/mol. The van der Waals surface area contributed by atoms with Gasteiger partial charge in [0.05, 0.1) is 0 Å². The summed E-state index contributed by atoms with van der Waals surface area (Å²) in [4.78, 5) is 2.43. The normalized spacial score (nSPS) is 16.6. The van der Waals surface area contributed by atoms with E-state index in [0.717, 1.165) is 50.5 Å². The monoisotopic (exact) mass is 317 g/mol. The summed E-state index contributed by atoms with van der Waals surface area (Å²) < 4.78 is 2.11. The van der Waals surface area contributed by atoms with E-state index in [1.807, 2.05) is 18.2 Å². The minimum atomic E-state index is 0. The summed E-state index contributed by atoms with van der Waals surface area (Å²) in [6, 6.07) is 6.03. The first kappa shape index (κ1) is 17.2. The number of hydrogen-bond donors (Lipinski definition) is 1. The SMILES string of the molecule is Cl.Cl.NCCN1CCC(c2nnc3ccccn23)CC1. The maximum Gasteiger partial charge on any atom is 0.160 e. The highest BCUT2D eigenvalue weighted by molar-refractivity contribution is 5.85. The Balaban J connectivity index is 0.000001000. The van der Waals surface area contributed by atoms with Crippen molar-refractivity contribution < 1.29 is 0 Å². The highest BCUT2D eigenvalue weighted by atomic mass is 35.5. The molecule has 1 saturated heterocycles. The number of pyridine rings is 1. The third-order valence-electron chi connectivity index (χ3n) is 3.74. The fourth-order valence-corrected chi connectivity index (χ4v) is 2.74. The molecule has 112 valence electrons. The van der Waals surface area contributed by atoms with E-state index < -0.39 is 0 Å². The Hall–Kier alpha value is -0.880. The third-order valence-corrected chi connectivity index (χ3v) is 3.74. The molecule has 20 heavy (non-hydrogen) atoms. The van der Waals surface area contributed by atoms with Gasteiger partial charge in [0.25, 0.3) is 0 Å². The molecule has 3 rings (SSSR count). The van der Waals surface area contributed by atoms with Crippen LogP contribution in [0, 0.1) is 0 Å². The van der Waals surface area contributed by atoms with Gasteiger partial charge in [-0.1, -0.05) is 6.07 Å². The number of nitrogens with zero attached hydrogens (tertiary/aromatic N) is 4. The van der Waals surface area contributed by atoms with Crippen LogP contribution in [0.25, 0.3) is 5.65 Å². The Morgan fingerprint density at radius 3 is 2.60 bits per heavy atom. The van der Waals surface area contributed by atoms with Crippen molar-refractivity contribution in [3.8, 4) is 0 Å². The molecule has 0 bridgehead atoms. The molecule has 1 aliphatic rings. The van der Waals surface area contributed by atoms with E-state index in [1.165, 1.54) is 0 Å². The number of halogens is 2. The number of aromatic nitrogens is 3. The summed E-state index contributed by atoms with van der Waals surface area (Å²) in [7, 11) is 0. The molecular formula is C13H21Cl2N5. The number of likely N-dealkylation sites (tertiary alicyclic amines) is 1. The summed E-state index contributed by atoms with van der Waals surface area (Å²) in [5.74, 6) is 1.63. The molecule has 1 aliphatic heterocycles. The molecule has 0 aromatic carbocycles. The molecule has 5 nitrogen and oxygen atoms in total. The fourth-order valence-electron chi connectivity index (χ4n) is 2.74. The highest BCUT2D eigenvalue weighted by Crippen LogP contribution is 2.26. The van der Waals surface area contributed by atoms with Gasteiger partial charge in [-0.05, 0) is 38.1 Å².